The lowest BCUT2D eigenvalue weighted by molar-refractivity contribution is 0.143. The molecule has 0 N–H and O–H groups in total. The van der Waals surface area contributed by atoms with E-state index in [4.69, 9.17) is 4.74 Å². The van der Waals surface area contributed by atoms with Crippen molar-refractivity contribution in [3.8, 4) is 0 Å². The molecule has 0 aromatic heterocycles. The maximum absolute atomic E-state index is 13.2. The second-order valence-corrected chi connectivity index (χ2v) is 8.32. The monoisotopic (exact) mass is 449 g/mol. The third kappa shape index (κ3) is 4.88. The van der Waals surface area contributed by atoms with Crippen molar-refractivity contribution < 1.29 is 9.53 Å². The molecule has 4 rings (SSSR count). The van der Waals surface area contributed by atoms with Crippen LogP contribution in [0, 0.1) is 0 Å². The zero-order valence-corrected chi connectivity index (χ0v) is 17.8. The lowest BCUT2D eigenvalue weighted by Crippen LogP contribution is -2.44. The van der Waals surface area contributed by atoms with Gasteiger partial charge in [-0.05, 0) is 54.5 Å². The van der Waals surface area contributed by atoms with Gasteiger partial charge in [0.15, 0.2) is 0 Å². The van der Waals surface area contributed by atoms with E-state index in [2.05, 4.69) is 46.3 Å². The molecule has 1 atom stereocenters. The number of benzene rings is 3. The van der Waals surface area contributed by atoms with Crippen LogP contribution in [0.25, 0.3) is 0 Å². The van der Waals surface area contributed by atoms with Crippen molar-refractivity contribution in [3.63, 3.8) is 0 Å². The average Bonchev–Trinajstić information content (AvgIpc) is 2.77. The van der Waals surface area contributed by atoms with Crippen molar-refractivity contribution in [2.75, 3.05) is 4.90 Å². The molecule has 1 aliphatic rings. The summed E-state index contributed by atoms with van der Waals surface area (Å²) in [4.78, 5) is 15.0. The molecular weight excluding hydrogens is 426 g/mol. The second-order valence-electron chi connectivity index (χ2n) is 7.40. The third-order valence-electron chi connectivity index (χ3n) is 5.43. The first kappa shape index (κ1) is 19.7. The largest absolute Gasteiger partial charge is 0.444 e. The number of carbonyl (C=O) groups is 1. The Kier molecular flexibility index (Phi) is 6.30. The number of hydrogen-bond donors (Lipinski definition) is 0. The molecule has 29 heavy (non-hydrogen) atoms. The Morgan fingerprint density at radius 2 is 1.66 bits per heavy atom. The van der Waals surface area contributed by atoms with Gasteiger partial charge in [0, 0.05) is 10.5 Å². The molecule has 1 heterocycles. The number of nitrogens with zero attached hydrogens (tertiary/aromatic N) is 1. The number of halogens is 1. The van der Waals surface area contributed by atoms with Crippen LogP contribution in [-0.4, -0.2) is 12.1 Å². The van der Waals surface area contributed by atoms with Crippen molar-refractivity contribution in [1.82, 2.24) is 0 Å². The number of carbonyl (C=O) groups excluding carboxylic acids is 1. The fourth-order valence-electron chi connectivity index (χ4n) is 3.91. The highest BCUT2D eigenvalue weighted by Gasteiger charge is 2.32. The molecule has 148 valence electrons. The van der Waals surface area contributed by atoms with E-state index in [1.807, 2.05) is 53.4 Å². The quantitative estimate of drug-likeness (QED) is 0.442. The average molecular weight is 450 g/mol. The Morgan fingerprint density at radius 3 is 2.38 bits per heavy atom. The molecule has 1 unspecified atom stereocenters. The molecule has 1 aliphatic heterocycles. The molecule has 3 nitrogen and oxygen atoms in total. The Balaban J connectivity index is 1.54. The van der Waals surface area contributed by atoms with E-state index in [1.165, 1.54) is 11.1 Å². The lowest BCUT2D eigenvalue weighted by atomic mass is 9.92. The van der Waals surface area contributed by atoms with Crippen LogP contribution in [0.15, 0.2) is 83.3 Å². The van der Waals surface area contributed by atoms with Gasteiger partial charge in [-0.1, -0.05) is 82.7 Å². The summed E-state index contributed by atoms with van der Waals surface area (Å²) in [5.41, 5.74) is 4.45. The summed E-state index contributed by atoms with van der Waals surface area (Å²) in [6.07, 6.45) is 3.51. The Hall–Kier alpha value is -2.59. The zero-order chi connectivity index (χ0) is 20.1. The van der Waals surface area contributed by atoms with Gasteiger partial charge >= 0.3 is 6.09 Å². The molecule has 0 radical (unpaired) electrons. The van der Waals surface area contributed by atoms with Crippen molar-refractivity contribution in [2.45, 2.75) is 38.3 Å². The summed E-state index contributed by atoms with van der Waals surface area (Å²) >= 11 is 3.56. The van der Waals surface area contributed by atoms with E-state index in [1.54, 1.807) is 0 Å². The van der Waals surface area contributed by atoms with Crippen molar-refractivity contribution in [1.29, 1.82) is 0 Å². The van der Waals surface area contributed by atoms with E-state index in [0.29, 0.717) is 0 Å². The number of ether oxygens (including phenoxy) is 1. The van der Waals surface area contributed by atoms with Crippen LogP contribution in [0.2, 0.25) is 0 Å². The predicted molar refractivity (Wildman–Crippen MR) is 120 cm³/mol. The third-order valence-corrected chi connectivity index (χ3v) is 5.92. The molecule has 3 aromatic carbocycles. The maximum atomic E-state index is 13.2. The molecule has 1 amide bonds. The highest BCUT2D eigenvalue weighted by atomic mass is 79.9. The van der Waals surface area contributed by atoms with Gasteiger partial charge in [0.05, 0.1) is 5.69 Å². The summed E-state index contributed by atoms with van der Waals surface area (Å²) in [6, 6.07) is 26.6. The molecule has 0 saturated carbocycles. The van der Waals surface area contributed by atoms with Crippen LogP contribution in [0.5, 0.6) is 0 Å². The van der Waals surface area contributed by atoms with Crippen LogP contribution in [0.4, 0.5) is 10.5 Å². The minimum Gasteiger partial charge on any atom is -0.444 e. The summed E-state index contributed by atoms with van der Waals surface area (Å²) < 4.78 is 6.69. The van der Waals surface area contributed by atoms with E-state index >= 15 is 0 Å². The van der Waals surface area contributed by atoms with Crippen molar-refractivity contribution in [3.05, 3.63) is 100 Å². The normalized spacial score (nSPS) is 15.6. The van der Waals surface area contributed by atoms with Gasteiger partial charge in [0.25, 0.3) is 0 Å². The number of hydrogen-bond acceptors (Lipinski definition) is 2. The summed E-state index contributed by atoms with van der Waals surface area (Å²) in [6.45, 7) is 0.283. The smallest absolute Gasteiger partial charge is 0.414 e. The highest BCUT2D eigenvalue weighted by molar-refractivity contribution is 9.10. The van der Waals surface area contributed by atoms with Gasteiger partial charge < -0.3 is 4.74 Å². The second kappa shape index (κ2) is 9.27. The maximum Gasteiger partial charge on any atom is 0.414 e. The molecule has 4 heteroatoms. The molecule has 0 spiro atoms. The first-order valence-corrected chi connectivity index (χ1v) is 10.8. The molecule has 0 fully saturated rings. The SMILES string of the molecule is O=C(OCc1ccccc1)N1c2cc(Br)ccc2CCC1CCc1ccccc1. The minimum absolute atomic E-state index is 0.125. The van der Waals surface area contributed by atoms with Gasteiger partial charge in [-0.25, -0.2) is 4.79 Å². The van der Waals surface area contributed by atoms with Crippen LogP contribution >= 0.6 is 15.9 Å². The van der Waals surface area contributed by atoms with Crippen LogP contribution in [0.3, 0.4) is 0 Å². The van der Waals surface area contributed by atoms with E-state index < -0.39 is 0 Å². The summed E-state index contributed by atoms with van der Waals surface area (Å²) in [5, 5.41) is 0. The van der Waals surface area contributed by atoms with E-state index in [9.17, 15) is 4.79 Å². The van der Waals surface area contributed by atoms with Crippen LogP contribution < -0.4 is 4.90 Å². The van der Waals surface area contributed by atoms with Gasteiger partial charge in [-0.15, -0.1) is 0 Å². The number of anilines is 1. The van der Waals surface area contributed by atoms with Crippen LogP contribution in [-0.2, 0) is 24.2 Å². The number of fused-ring (bicyclic) bond motifs is 1. The first-order chi connectivity index (χ1) is 14.2. The zero-order valence-electron chi connectivity index (χ0n) is 16.3. The highest BCUT2D eigenvalue weighted by Crippen LogP contribution is 2.35. The fraction of sp³-hybridized carbons (Fsp3) is 0.240. The van der Waals surface area contributed by atoms with Crippen molar-refractivity contribution >= 4 is 27.7 Å². The van der Waals surface area contributed by atoms with E-state index in [-0.39, 0.29) is 18.7 Å². The number of amides is 1. The number of rotatable bonds is 5. The summed E-state index contributed by atoms with van der Waals surface area (Å²) in [7, 11) is 0. The molecule has 0 bridgehead atoms. The Bertz CT molecular complexity index is 959. The Labute approximate surface area is 180 Å². The predicted octanol–water partition coefficient (Wildman–Crippen LogP) is 6.54. The molecule has 0 aliphatic carbocycles. The van der Waals surface area contributed by atoms with Gasteiger partial charge in [0.1, 0.15) is 6.61 Å². The molecular formula is C25H24BrNO2. The lowest BCUT2D eigenvalue weighted by Gasteiger charge is -2.36. The summed E-state index contributed by atoms with van der Waals surface area (Å²) in [5.74, 6) is 0. The van der Waals surface area contributed by atoms with Gasteiger partial charge in [-0.2, -0.15) is 0 Å². The first-order valence-electron chi connectivity index (χ1n) is 10.0. The Morgan fingerprint density at radius 1 is 0.966 bits per heavy atom. The minimum atomic E-state index is -0.272. The van der Waals surface area contributed by atoms with Crippen molar-refractivity contribution in [2.24, 2.45) is 0 Å². The number of aryl methyl sites for hydroxylation is 2. The standard InChI is InChI=1S/C25H24BrNO2/c26-22-14-12-21-13-16-23(15-11-19-7-3-1-4-8-19)27(24(21)17-22)25(28)29-18-20-9-5-2-6-10-20/h1-10,12,14,17,23H,11,13,15-16,18H2. The van der Waals surface area contributed by atoms with E-state index in [0.717, 1.165) is 41.4 Å². The van der Waals surface area contributed by atoms with Crippen LogP contribution in [0.1, 0.15) is 29.5 Å². The topological polar surface area (TPSA) is 29.5 Å². The molecule has 3 aromatic rings. The fourth-order valence-corrected chi connectivity index (χ4v) is 4.26. The molecule has 0 saturated heterocycles. The van der Waals surface area contributed by atoms with Gasteiger partial charge in [-0.3, -0.25) is 4.90 Å². The van der Waals surface area contributed by atoms with Gasteiger partial charge in [0.2, 0.25) is 0 Å².